The van der Waals surface area contributed by atoms with E-state index in [-0.39, 0.29) is 5.91 Å². The molecule has 0 radical (unpaired) electrons. The van der Waals surface area contributed by atoms with Gasteiger partial charge in [0.05, 0.1) is 26.9 Å². The van der Waals surface area contributed by atoms with Crippen LogP contribution in [0.1, 0.15) is 38.2 Å². The topological polar surface area (TPSA) is 48.0 Å². The smallest absolute Gasteiger partial charge is 0.246 e. The van der Waals surface area contributed by atoms with Gasteiger partial charge in [-0.05, 0) is 30.2 Å². The summed E-state index contributed by atoms with van der Waals surface area (Å²) in [6.07, 6.45) is 8.10. The number of rotatable bonds is 9. The molecule has 2 rings (SSSR count). The van der Waals surface area contributed by atoms with Crippen molar-refractivity contribution in [2.75, 3.05) is 40.0 Å². The highest BCUT2D eigenvalue weighted by atomic mass is 16.5. The van der Waals surface area contributed by atoms with Gasteiger partial charge >= 0.3 is 0 Å². The number of amides is 1. The van der Waals surface area contributed by atoms with Crippen LogP contribution in [0, 0.1) is 0 Å². The van der Waals surface area contributed by atoms with E-state index in [1.807, 2.05) is 24.3 Å². The normalized spacial score (nSPS) is 14.7. The molecule has 1 heterocycles. The van der Waals surface area contributed by atoms with Crippen molar-refractivity contribution < 1.29 is 19.0 Å². The zero-order valence-electron chi connectivity index (χ0n) is 15.3. The van der Waals surface area contributed by atoms with Crippen LogP contribution >= 0.6 is 0 Å². The summed E-state index contributed by atoms with van der Waals surface area (Å²) in [6, 6.07) is 5.73. The highest BCUT2D eigenvalue weighted by Crippen LogP contribution is 2.28. The van der Waals surface area contributed by atoms with Gasteiger partial charge in [0.15, 0.2) is 11.5 Å². The number of carbonyl (C=O) groups excluding carboxylic acids is 1. The second kappa shape index (κ2) is 10.8. The molecule has 0 bridgehead atoms. The van der Waals surface area contributed by atoms with Crippen LogP contribution < -0.4 is 9.47 Å². The SMILES string of the molecule is CCCCCCOc1ccc(/C=C\C(=O)N2CCOCC2)cc1OC. The monoisotopic (exact) mass is 347 g/mol. The van der Waals surface area contributed by atoms with E-state index in [0.29, 0.717) is 38.7 Å². The van der Waals surface area contributed by atoms with Crippen molar-refractivity contribution in [3.8, 4) is 11.5 Å². The third-order valence-corrected chi connectivity index (χ3v) is 4.18. The molecule has 1 aromatic rings. The highest BCUT2D eigenvalue weighted by Gasteiger charge is 2.14. The molecule has 1 aromatic carbocycles. The molecule has 5 heteroatoms. The molecular weight excluding hydrogens is 318 g/mol. The fourth-order valence-electron chi connectivity index (χ4n) is 2.67. The first-order chi connectivity index (χ1) is 12.2. The minimum Gasteiger partial charge on any atom is -0.493 e. The molecule has 138 valence electrons. The molecule has 1 amide bonds. The maximum absolute atomic E-state index is 12.1. The van der Waals surface area contributed by atoms with Gasteiger partial charge in [0.1, 0.15) is 0 Å². The van der Waals surface area contributed by atoms with Gasteiger partial charge in [-0.1, -0.05) is 32.3 Å². The number of hydrogen-bond donors (Lipinski definition) is 0. The lowest BCUT2D eigenvalue weighted by molar-refractivity contribution is -0.129. The molecular formula is C20H29NO4. The third kappa shape index (κ3) is 6.42. The molecule has 0 N–H and O–H groups in total. The quantitative estimate of drug-likeness (QED) is 0.506. The van der Waals surface area contributed by atoms with Gasteiger partial charge in [-0.15, -0.1) is 0 Å². The Morgan fingerprint density at radius 1 is 1.20 bits per heavy atom. The number of ether oxygens (including phenoxy) is 3. The maximum atomic E-state index is 12.1. The summed E-state index contributed by atoms with van der Waals surface area (Å²) in [5.74, 6) is 1.45. The minimum atomic E-state index is 0.0125. The molecule has 0 saturated carbocycles. The second-order valence-electron chi connectivity index (χ2n) is 6.09. The molecule has 0 aromatic heterocycles. The Balaban J connectivity index is 1.90. The summed E-state index contributed by atoms with van der Waals surface area (Å²) in [5, 5.41) is 0. The first kappa shape index (κ1) is 19.3. The lowest BCUT2D eigenvalue weighted by Crippen LogP contribution is -2.39. The maximum Gasteiger partial charge on any atom is 0.246 e. The minimum absolute atomic E-state index is 0.0125. The summed E-state index contributed by atoms with van der Waals surface area (Å²) in [7, 11) is 1.63. The van der Waals surface area contributed by atoms with E-state index in [0.717, 1.165) is 17.7 Å². The molecule has 0 spiro atoms. The van der Waals surface area contributed by atoms with Crippen LogP contribution in [0.4, 0.5) is 0 Å². The van der Waals surface area contributed by atoms with Crippen molar-refractivity contribution in [3.05, 3.63) is 29.8 Å². The van der Waals surface area contributed by atoms with E-state index in [2.05, 4.69) is 6.92 Å². The zero-order chi connectivity index (χ0) is 17.9. The fraction of sp³-hybridized carbons (Fsp3) is 0.550. The van der Waals surface area contributed by atoms with Gasteiger partial charge in [0, 0.05) is 19.2 Å². The van der Waals surface area contributed by atoms with Crippen molar-refractivity contribution in [3.63, 3.8) is 0 Å². The van der Waals surface area contributed by atoms with Crippen LogP contribution in [-0.4, -0.2) is 50.8 Å². The van der Waals surface area contributed by atoms with E-state index in [9.17, 15) is 4.79 Å². The predicted octanol–water partition coefficient (Wildman–Crippen LogP) is 3.53. The molecule has 1 fully saturated rings. The average Bonchev–Trinajstić information content (AvgIpc) is 2.67. The van der Waals surface area contributed by atoms with Crippen molar-refractivity contribution in [1.82, 2.24) is 4.90 Å². The van der Waals surface area contributed by atoms with Crippen LogP contribution in [-0.2, 0) is 9.53 Å². The number of methoxy groups -OCH3 is 1. The summed E-state index contributed by atoms with van der Waals surface area (Å²) in [6.45, 7) is 5.41. The highest BCUT2D eigenvalue weighted by molar-refractivity contribution is 5.91. The Morgan fingerprint density at radius 2 is 2.00 bits per heavy atom. The van der Waals surface area contributed by atoms with E-state index >= 15 is 0 Å². The molecule has 1 aliphatic heterocycles. The number of unbranched alkanes of at least 4 members (excludes halogenated alkanes) is 3. The molecule has 0 atom stereocenters. The van der Waals surface area contributed by atoms with E-state index in [1.54, 1.807) is 18.1 Å². The van der Waals surface area contributed by atoms with Gasteiger partial charge in [0.25, 0.3) is 0 Å². The first-order valence-electron chi connectivity index (χ1n) is 9.10. The Morgan fingerprint density at radius 3 is 2.72 bits per heavy atom. The Hall–Kier alpha value is -2.01. The summed E-state index contributed by atoms with van der Waals surface area (Å²) >= 11 is 0. The van der Waals surface area contributed by atoms with Gasteiger partial charge in [-0.3, -0.25) is 4.79 Å². The molecule has 0 unspecified atom stereocenters. The van der Waals surface area contributed by atoms with Crippen molar-refractivity contribution in [2.45, 2.75) is 32.6 Å². The van der Waals surface area contributed by atoms with E-state index in [4.69, 9.17) is 14.2 Å². The van der Waals surface area contributed by atoms with Crippen LogP contribution in [0.3, 0.4) is 0 Å². The summed E-state index contributed by atoms with van der Waals surface area (Å²) in [5.41, 5.74) is 0.914. The van der Waals surface area contributed by atoms with Gasteiger partial charge < -0.3 is 19.1 Å². The van der Waals surface area contributed by atoms with E-state index < -0.39 is 0 Å². The standard InChI is InChI=1S/C20H29NO4/c1-3-4-5-6-13-25-18-9-7-17(16-19(18)23-2)8-10-20(22)21-11-14-24-15-12-21/h7-10,16H,3-6,11-15H2,1-2H3/b10-8-. The molecule has 0 aliphatic carbocycles. The van der Waals surface area contributed by atoms with Crippen molar-refractivity contribution in [2.24, 2.45) is 0 Å². The lowest BCUT2D eigenvalue weighted by Gasteiger charge is -2.25. The van der Waals surface area contributed by atoms with Crippen LogP contribution in [0.5, 0.6) is 11.5 Å². The van der Waals surface area contributed by atoms with Gasteiger partial charge in [-0.2, -0.15) is 0 Å². The van der Waals surface area contributed by atoms with E-state index in [1.165, 1.54) is 19.3 Å². The Labute approximate surface area is 150 Å². The first-order valence-corrected chi connectivity index (χ1v) is 9.10. The number of benzene rings is 1. The van der Waals surface area contributed by atoms with Gasteiger partial charge in [-0.25, -0.2) is 0 Å². The van der Waals surface area contributed by atoms with Crippen LogP contribution in [0.25, 0.3) is 6.08 Å². The van der Waals surface area contributed by atoms with Gasteiger partial charge in [0.2, 0.25) is 5.91 Å². The Bertz CT molecular complexity index is 565. The number of morpholine rings is 1. The molecule has 25 heavy (non-hydrogen) atoms. The van der Waals surface area contributed by atoms with Crippen LogP contribution in [0.2, 0.25) is 0 Å². The number of hydrogen-bond acceptors (Lipinski definition) is 4. The molecule has 1 saturated heterocycles. The van der Waals surface area contributed by atoms with Crippen LogP contribution in [0.15, 0.2) is 24.3 Å². The van der Waals surface area contributed by atoms with Crippen molar-refractivity contribution >= 4 is 12.0 Å². The Kier molecular flexibility index (Phi) is 8.32. The largest absolute Gasteiger partial charge is 0.493 e. The number of nitrogens with zero attached hydrogens (tertiary/aromatic N) is 1. The summed E-state index contributed by atoms with van der Waals surface area (Å²) < 4.78 is 16.5. The molecule has 5 nitrogen and oxygen atoms in total. The average molecular weight is 347 g/mol. The second-order valence-corrected chi connectivity index (χ2v) is 6.09. The third-order valence-electron chi connectivity index (χ3n) is 4.18. The number of carbonyl (C=O) groups is 1. The molecule has 1 aliphatic rings. The lowest BCUT2D eigenvalue weighted by atomic mass is 10.1. The fourth-order valence-corrected chi connectivity index (χ4v) is 2.67. The summed E-state index contributed by atoms with van der Waals surface area (Å²) in [4.78, 5) is 13.9. The van der Waals surface area contributed by atoms with Crippen molar-refractivity contribution in [1.29, 1.82) is 0 Å². The zero-order valence-corrected chi connectivity index (χ0v) is 15.3. The predicted molar refractivity (Wildman–Crippen MR) is 99.1 cm³/mol.